The van der Waals surface area contributed by atoms with E-state index in [9.17, 15) is 4.79 Å². The van der Waals surface area contributed by atoms with Gasteiger partial charge >= 0.3 is 5.97 Å². The van der Waals surface area contributed by atoms with E-state index in [1.54, 1.807) is 12.3 Å². The monoisotopic (exact) mass is 459 g/mol. The van der Waals surface area contributed by atoms with Crippen molar-refractivity contribution in [2.75, 3.05) is 20.2 Å². The van der Waals surface area contributed by atoms with Crippen molar-refractivity contribution >= 4 is 5.97 Å². The van der Waals surface area contributed by atoms with Gasteiger partial charge in [-0.15, -0.1) is 4.80 Å². The van der Waals surface area contributed by atoms with Crippen LogP contribution in [-0.4, -0.2) is 57.1 Å². The highest BCUT2D eigenvalue weighted by molar-refractivity contribution is 5.94. The predicted octanol–water partition coefficient (Wildman–Crippen LogP) is 2.06. The second-order valence-electron chi connectivity index (χ2n) is 8.68. The topological polar surface area (TPSA) is 118 Å². The summed E-state index contributed by atoms with van der Waals surface area (Å²) in [6, 6.07) is 8.03. The molecule has 1 N–H and O–H groups in total. The lowest BCUT2D eigenvalue weighted by molar-refractivity contribution is 0.0535. The van der Waals surface area contributed by atoms with E-state index in [-0.39, 0.29) is 18.1 Å². The number of methoxy groups -OCH3 is 1. The molecule has 0 bridgehead atoms. The van der Waals surface area contributed by atoms with E-state index in [0.29, 0.717) is 35.8 Å². The highest BCUT2D eigenvalue weighted by Gasteiger charge is 2.30. The molecular weight excluding hydrogens is 434 g/mol. The molecule has 0 radical (unpaired) electrons. The van der Waals surface area contributed by atoms with E-state index in [2.05, 4.69) is 45.3 Å². The van der Waals surface area contributed by atoms with Crippen LogP contribution in [0.2, 0.25) is 0 Å². The molecular formula is C24H25N7O3. The van der Waals surface area contributed by atoms with Gasteiger partial charge in [0.25, 0.3) is 0 Å². The second-order valence-corrected chi connectivity index (χ2v) is 8.68. The Kier molecular flexibility index (Phi) is 5.73. The Morgan fingerprint density at radius 3 is 2.97 bits per heavy atom. The van der Waals surface area contributed by atoms with Gasteiger partial charge < -0.3 is 14.8 Å². The van der Waals surface area contributed by atoms with Gasteiger partial charge in [-0.25, -0.2) is 9.78 Å². The van der Waals surface area contributed by atoms with Crippen LogP contribution >= 0.6 is 0 Å². The summed E-state index contributed by atoms with van der Waals surface area (Å²) in [4.78, 5) is 20.0. The standard InChI is InChI=1S/C24H25N7O3/c1-14-10-30(12-21(28-14)18-4-5-19-20(15(18)2)13-34-24(19)32)11-17-9-27-31(29-17)23-6-22(33-3)16(7-25)8-26-23/h4-6,8-9,14,21,28H,10-13H2,1-3H3/t14-,21-/m0/s1. The quantitative estimate of drug-likeness (QED) is 0.572. The van der Waals surface area contributed by atoms with E-state index in [0.717, 1.165) is 29.9 Å². The van der Waals surface area contributed by atoms with Crippen molar-refractivity contribution in [1.29, 1.82) is 5.26 Å². The Hall–Kier alpha value is -3.81. The molecule has 5 rings (SSSR count). The molecule has 34 heavy (non-hydrogen) atoms. The maximum atomic E-state index is 11.9. The van der Waals surface area contributed by atoms with Gasteiger partial charge in [0.15, 0.2) is 5.82 Å². The number of fused-ring (bicyclic) bond motifs is 1. The third kappa shape index (κ3) is 4.00. The number of carbonyl (C=O) groups is 1. The summed E-state index contributed by atoms with van der Waals surface area (Å²) in [6.07, 6.45) is 3.19. The van der Waals surface area contributed by atoms with E-state index < -0.39 is 0 Å². The van der Waals surface area contributed by atoms with E-state index in [1.165, 1.54) is 23.7 Å². The summed E-state index contributed by atoms with van der Waals surface area (Å²) < 4.78 is 10.5. The number of piperazine rings is 1. The molecule has 3 aromatic rings. The number of hydrogen-bond acceptors (Lipinski definition) is 9. The van der Waals surface area contributed by atoms with E-state index in [1.807, 2.05) is 12.1 Å². The van der Waals surface area contributed by atoms with Gasteiger partial charge in [-0.3, -0.25) is 4.90 Å². The molecule has 10 heteroatoms. The van der Waals surface area contributed by atoms with Gasteiger partial charge in [-0.1, -0.05) is 6.07 Å². The number of pyridine rings is 1. The van der Waals surface area contributed by atoms with E-state index in [4.69, 9.17) is 14.7 Å². The summed E-state index contributed by atoms with van der Waals surface area (Å²) in [5, 5.41) is 21.8. The van der Waals surface area contributed by atoms with Crippen LogP contribution in [0, 0.1) is 18.3 Å². The van der Waals surface area contributed by atoms with Crippen LogP contribution in [-0.2, 0) is 17.9 Å². The number of cyclic esters (lactones) is 1. The average Bonchev–Trinajstić information content (AvgIpc) is 3.45. The van der Waals surface area contributed by atoms with Gasteiger partial charge in [0, 0.05) is 43.3 Å². The van der Waals surface area contributed by atoms with Gasteiger partial charge in [0.1, 0.15) is 24.0 Å². The number of hydrogen-bond donors (Lipinski definition) is 1. The highest BCUT2D eigenvalue weighted by Crippen LogP contribution is 2.31. The molecule has 1 fully saturated rings. The van der Waals surface area contributed by atoms with Crippen molar-refractivity contribution in [2.24, 2.45) is 0 Å². The lowest BCUT2D eigenvalue weighted by Gasteiger charge is -2.38. The summed E-state index contributed by atoms with van der Waals surface area (Å²) >= 11 is 0. The Labute approximate surface area is 197 Å². The van der Waals surface area contributed by atoms with Crippen LogP contribution in [0.1, 0.15) is 51.3 Å². The first-order chi connectivity index (χ1) is 16.5. The summed E-state index contributed by atoms with van der Waals surface area (Å²) in [5.74, 6) is 0.676. The van der Waals surface area contributed by atoms with Crippen molar-refractivity contribution in [3.8, 4) is 17.6 Å². The highest BCUT2D eigenvalue weighted by atomic mass is 16.5. The molecule has 1 saturated heterocycles. The van der Waals surface area contributed by atoms with Crippen molar-refractivity contribution in [2.45, 2.75) is 39.1 Å². The fraction of sp³-hybridized carbons (Fsp3) is 0.375. The Balaban J connectivity index is 1.33. The van der Waals surface area contributed by atoms with Crippen LogP contribution in [0.4, 0.5) is 0 Å². The predicted molar refractivity (Wildman–Crippen MR) is 121 cm³/mol. The lowest BCUT2D eigenvalue weighted by Crippen LogP contribution is -2.50. The Morgan fingerprint density at radius 1 is 1.32 bits per heavy atom. The number of rotatable bonds is 5. The zero-order valence-corrected chi connectivity index (χ0v) is 19.3. The van der Waals surface area contributed by atoms with E-state index >= 15 is 0 Å². The summed E-state index contributed by atoms with van der Waals surface area (Å²) in [6.45, 7) is 6.88. The first-order valence-electron chi connectivity index (χ1n) is 11.1. The molecule has 4 heterocycles. The number of nitriles is 1. The van der Waals surface area contributed by atoms with Crippen molar-refractivity contribution in [1.82, 2.24) is 30.2 Å². The minimum atomic E-state index is -0.242. The molecule has 1 aromatic carbocycles. The van der Waals surface area contributed by atoms with Crippen LogP contribution in [0.15, 0.2) is 30.6 Å². The fourth-order valence-electron chi connectivity index (χ4n) is 4.73. The minimum absolute atomic E-state index is 0.129. The molecule has 0 amide bonds. The number of esters is 1. The normalized spacial score (nSPS) is 20.0. The molecule has 10 nitrogen and oxygen atoms in total. The average molecular weight is 460 g/mol. The van der Waals surface area contributed by atoms with Crippen molar-refractivity contribution in [3.05, 3.63) is 64.1 Å². The zero-order chi connectivity index (χ0) is 23.8. The lowest BCUT2D eigenvalue weighted by atomic mass is 9.92. The van der Waals surface area contributed by atoms with Crippen LogP contribution in [0.3, 0.4) is 0 Å². The fourth-order valence-corrected chi connectivity index (χ4v) is 4.73. The van der Waals surface area contributed by atoms with Gasteiger partial charge in [0.2, 0.25) is 0 Å². The van der Waals surface area contributed by atoms with Crippen molar-refractivity contribution in [3.63, 3.8) is 0 Å². The maximum Gasteiger partial charge on any atom is 0.338 e. The third-order valence-corrected chi connectivity index (χ3v) is 6.36. The largest absolute Gasteiger partial charge is 0.495 e. The number of nitrogens with zero attached hydrogens (tertiary/aromatic N) is 6. The molecule has 0 unspecified atom stereocenters. The molecule has 2 aliphatic heterocycles. The van der Waals surface area contributed by atoms with Crippen LogP contribution < -0.4 is 10.1 Å². The first kappa shape index (κ1) is 22.0. The molecule has 2 aromatic heterocycles. The van der Waals surface area contributed by atoms with Crippen LogP contribution in [0.25, 0.3) is 5.82 Å². The molecule has 174 valence electrons. The SMILES string of the molecule is COc1cc(-n2ncc(CN3C[C@@H](c4ccc5c(c4C)COC5=O)N[C@@H](C)C3)n2)ncc1C#N. The molecule has 0 saturated carbocycles. The maximum absolute atomic E-state index is 11.9. The second kappa shape index (κ2) is 8.85. The number of aromatic nitrogens is 4. The third-order valence-electron chi connectivity index (χ3n) is 6.36. The minimum Gasteiger partial charge on any atom is -0.495 e. The number of benzene rings is 1. The summed E-state index contributed by atoms with van der Waals surface area (Å²) in [5.41, 5.74) is 5.14. The van der Waals surface area contributed by atoms with Gasteiger partial charge in [-0.2, -0.15) is 15.5 Å². The van der Waals surface area contributed by atoms with Gasteiger partial charge in [-0.05, 0) is 31.0 Å². The van der Waals surface area contributed by atoms with Crippen molar-refractivity contribution < 1.29 is 14.3 Å². The summed E-state index contributed by atoms with van der Waals surface area (Å²) in [7, 11) is 1.51. The molecule has 2 aliphatic rings. The Morgan fingerprint density at radius 2 is 2.18 bits per heavy atom. The number of nitrogens with one attached hydrogen (secondary N) is 1. The molecule has 0 aliphatic carbocycles. The Bertz CT molecular complexity index is 1300. The first-order valence-corrected chi connectivity index (χ1v) is 11.1. The smallest absolute Gasteiger partial charge is 0.338 e. The molecule has 0 spiro atoms. The van der Waals surface area contributed by atoms with Crippen LogP contribution in [0.5, 0.6) is 5.75 Å². The van der Waals surface area contributed by atoms with Gasteiger partial charge in [0.05, 0.1) is 30.8 Å². The molecule has 2 atom stereocenters. The number of ether oxygens (including phenoxy) is 2. The zero-order valence-electron chi connectivity index (χ0n) is 19.3. The number of carbonyl (C=O) groups excluding carboxylic acids is 1.